The number of nitrogens with zero attached hydrogens (tertiary/aromatic N) is 1. The molecule has 9 nitrogen and oxygen atoms in total. The van der Waals surface area contributed by atoms with Gasteiger partial charge in [0, 0.05) is 6.21 Å². The van der Waals surface area contributed by atoms with Crippen LogP contribution >= 0.6 is 6.72 Å². The number of amides is 3. The molecule has 0 aromatic rings. The lowest BCUT2D eigenvalue weighted by Crippen LogP contribution is -2.47. The van der Waals surface area contributed by atoms with E-state index in [0.29, 0.717) is 0 Å². The maximum absolute atomic E-state index is 11.6. The maximum atomic E-state index is 11.6. The van der Waals surface area contributed by atoms with Gasteiger partial charge in [0.2, 0.25) is 5.91 Å². The van der Waals surface area contributed by atoms with Crippen molar-refractivity contribution in [3.63, 3.8) is 0 Å². The first-order chi connectivity index (χ1) is 9.26. The summed E-state index contributed by atoms with van der Waals surface area (Å²) in [6.07, 6.45) is 0.252. The number of aliphatic hydroxyl groups is 1. The van der Waals surface area contributed by atoms with Gasteiger partial charge in [-0.2, -0.15) is 0 Å². The van der Waals surface area contributed by atoms with Gasteiger partial charge in [-0.05, 0) is 17.9 Å². The van der Waals surface area contributed by atoms with Crippen molar-refractivity contribution in [1.29, 1.82) is 0 Å². The number of carbonyl (C=O) groups is 2. The molecule has 20 heavy (non-hydrogen) atoms. The third kappa shape index (κ3) is 3.69. The Morgan fingerprint density at radius 3 is 2.80 bits per heavy atom. The third-order valence-electron chi connectivity index (χ3n) is 2.59. The minimum atomic E-state index is -3.83. The van der Waals surface area contributed by atoms with Gasteiger partial charge in [0.1, 0.15) is 30.5 Å². The molecule has 2 aliphatic heterocycles. The van der Waals surface area contributed by atoms with Crippen molar-refractivity contribution in [1.82, 2.24) is 5.32 Å². The number of hydrogen-bond acceptors (Lipinski definition) is 6. The van der Waals surface area contributed by atoms with Crippen molar-refractivity contribution in [3.05, 3.63) is 11.8 Å². The standard InChI is InChI=1S/C9H11N2O7PS/c12-6-1-4(3-17-19(15,16)20)18-7(6)5-2-10-9(14)11-8(5)13/h1-2,5-7,12H,3H2,(H,11,13,14)(H2,15,16,20)/t5?,6?,7-/m0/s1. The first kappa shape index (κ1) is 15.2. The zero-order chi connectivity index (χ0) is 14.9. The minimum Gasteiger partial charge on any atom is -0.488 e. The van der Waals surface area contributed by atoms with Crippen LogP contribution in [0.25, 0.3) is 0 Å². The molecule has 2 rings (SSSR count). The Bertz CT molecular complexity index is 542. The summed E-state index contributed by atoms with van der Waals surface area (Å²) in [4.78, 5) is 43.7. The van der Waals surface area contributed by atoms with Gasteiger partial charge in [-0.25, -0.2) is 9.79 Å². The first-order valence-electron chi connectivity index (χ1n) is 5.41. The second-order valence-electron chi connectivity index (χ2n) is 4.07. The number of ether oxygens (including phenoxy) is 1. The number of aliphatic hydroxyl groups excluding tert-OH is 1. The fourth-order valence-electron chi connectivity index (χ4n) is 1.76. The van der Waals surface area contributed by atoms with Crippen molar-refractivity contribution in [3.8, 4) is 0 Å². The average Bonchev–Trinajstić information content (AvgIpc) is 2.67. The van der Waals surface area contributed by atoms with Crippen LogP contribution in [-0.2, 0) is 25.9 Å². The molecule has 11 heteroatoms. The molecule has 0 aromatic heterocycles. The molecule has 0 spiro atoms. The molecule has 0 saturated carbocycles. The summed E-state index contributed by atoms with van der Waals surface area (Å²) in [7, 11) is 0. The van der Waals surface area contributed by atoms with Crippen molar-refractivity contribution in [2.45, 2.75) is 12.2 Å². The summed E-state index contributed by atoms with van der Waals surface area (Å²) >= 11 is 4.27. The molecular formula is C9H11N2O7PS. The Morgan fingerprint density at radius 1 is 1.50 bits per heavy atom. The number of hydrogen-bond donors (Lipinski definition) is 4. The van der Waals surface area contributed by atoms with Crippen LogP contribution in [0.5, 0.6) is 0 Å². The van der Waals surface area contributed by atoms with Gasteiger partial charge < -0.3 is 24.2 Å². The number of rotatable bonds is 4. The van der Waals surface area contributed by atoms with Crippen LogP contribution in [0.4, 0.5) is 4.79 Å². The Morgan fingerprint density at radius 2 is 2.20 bits per heavy atom. The molecule has 0 bridgehead atoms. The number of carbonyl (C=O) groups excluding carboxylic acids is 2. The molecule has 2 heterocycles. The van der Waals surface area contributed by atoms with E-state index in [0.717, 1.165) is 6.21 Å². The van der Waals surface area contributed by atoms with Crippen LogP contribution < -0.4 is 5.32 Å². The molecular weight excluding hydrogens is 311 g/mol. The molecule has 0 radical (unpaired) electrons. The van der Waals surface area contributed by atoms with Gasteiger partial charge in [-0.15, -0.1) is 0 Å². The highest BCUT2D eigenvalue weighted by atomic mass is 32.5. The van der Waals surface area contributed by atoms with E-state index in [9.17, 15) is 14.7 Å². The Labute approximate surface area is 118 Å². The molecule has 3 atom stereocenters. The van der Waals surface area contributed by atoms with E-state index < -0.39 is 36.8 Å². The summed E-state index contributed by atoms with van der Waals surface area (Å²) in [5.41, 5.74) is 0. The Kier molecular flexibility index (Phi) is 4.33. The van der Waals surface area contributed by atoms with Gasteiger partial charge >= 0.3 is 12.7 Å². The first-order valence-corrected chi connectivity index (χ1v) is 8.03. The molecule has 0 fully saturated rings. The van der Waals surface area contributed by atoms with Crippen LogP contribution in [0, 0.1) is 5.92 Å². The normalized spacial score (nSPS) is 29.9. The Hall–Kier alpha value is -1.16. The summed E-state index contributed by atoms with van der Waals surface area (Å²) in [5.74, 6) is -1.47. The molecule has 0 aliphatic carbocycles. The molecule has 2 aliphatic rings. The zero-order valence-electron chi connectivity index (χ0n) is 9.87. The number of imide groups is 1. The van der Waals surface area contributed by atoms with Crippen LogP contribution in [0.15, 0.2) is 16.8 Å². The predicted molar refractivity (Wildman–Crippen MR) is 69.2 cm³/mol. The highest BCUT2D eigenvalue weighted by Crippen LogP contribution is 2.37. The minimum absolute atomic E-state index is 0.109. The van der Waals surface area contributed by atoms with E-state index in [1.54, 1.807) is 0 Å². The fourth-order valence-corrected chi connectivity index (χ4v) is 2.21. The summed E-state index contributed by atoms with van der Waals surface area (Å²) in [5, 5.41) is 11.8. The third-order valence-corrected chi connectivity index (χ3v) is 3.38. The summed E-state index contributed by atoms with van der Waals surface area (Å²) in [6.45, 7) is -4.17. The van der Waals surface area contributed by atoms with Gasteiger partial charge in [-0.3, -0.25) is 10.1 Å². The van der Waals surface area contributed by atoms with E-state index in [-0.39, 0.29) is 12.4 Å². The summed E-state index contributed by atoms with van der Waals surface area (Å²) < 4.78 is 9.87. The van der Waals surface area contributed by atoms with Crippen molar-refractivity contribution >= 4 is 36.7 Å². The van der Waals surface area contributed by atoms with Gasteiger partial charge in [0.05, 0.1) is 0 Å². The lowest BCUT2D eigenvalue weighted by molar-refractivity contribution is -0.126. The SMILES string of the molecule is O=C1N=CC([C@@H]2OC(COP(O)(O)=S)=CC2O)C(=O)N1. The van der Waals surface area contributed by atoms with Crippen molar-refractivity contribution in [2.24, 2.45) is 10.9 Å². The van der Waals surface area contributed by atoms with Gasteiger partial charge in [0.15, 0.2) is 0 Å². The molecule has 2 unspecified atom stereocenters. The van der Waals surface area contributed by atoms with Gasteiger partial charge in [-0.1, -0.05) is 0 Å². The summed E-state index contributed by atoms with van der Waals surface area (Å²) in [6, 6.07) is -0.781. The van der Waals surface area contributed by atoms with E-state index in [1.807, 2.05) is 5.32 Å². The van der Waals surface area contributed by atoms with E-state index in [4.69, 9.17) is 14.5 Å². The zero-order valence-corrected chi connectivity index (χ0v) is 11.6. The topological polar surface area (TPSA) is 138 Å². The van der Waals surface area contributed by atoms with Crippen molar-refractivity contribution < 1.29 is 33.7 Å². The lowest BCUT2D eigenvalue weighted by Gasteiger charge is -2.24. The molecule has 0 aromatic carbocycles. The van der Waals surface area contributed by atoms with Crippen LogP contribution in [-0.4, -0.2) is 51.9 Å². The molecule has 4 N–H and O–H groups in total. The van der Waals surface area contributed by atoms with Crippen molar-refractivity contribution in [2.75, 3.05) is 6.61 Å². The number of nitrogens with one attached hydrogen (secondary N) is 1. The average molecular weight is 322 g/mol. The lowest BCUT2D eigenvalue weighted by atomic mass is 9.98. The number of urea groups is 1. The van der Waals surface area contributed by atoms with E-state index in [2.05, 4.69) is 21.3 Å². The highest BCUT2D eigenvalue weighted by Gasteiger charge is 2.40. The largest absolute Gasteiger partial charge is 0.488 e. The molecule has 110 valence electrons. The van der Waals surface area contributed by atoms with E-state index in [1.165, 1.54) is 6.08 Å². The second-order valence-corrected chi connectivity index (χ2v) is 6.73. The van der Waals surface area contributed by atoms with Crippen LogP contribution in [0.3, 0.4) is 0 Å². The quantitative estimate of drug-likeness (QED) is 0.473. The van der Waals surface area contributed by atoms with Crippen LogP contribution in [0.1, 0.15) is 0 Å². The van der Waals surface area contributed by atoms with Crippen LogP contribution in [0.2, 0.25) is 0 Å². The highest BCUT2D eigenvalue weighted by molar-refractivity contribution is 8.06. The second kappa shape index (κ2) is 5.68. The monoisotopic (exact) mass is 322 g/mol. The maximum Gasteiger partial charge on any atom is 0.347 e. The predicted octanol–water partition coefficient (Wildman–Crippen LogP) is -1.21. The Balaban J connectivity index is 2.00. The van der Waals surface area contributed by atoms with E-state index >= 15 is 0 Å². The van der Waals surface area contributed by atoms with Gasteiger partial charge in [0.25, 0.3) is 0 Å². The number of aliphatic imine (C=N–C) groups is 1. The fraction of sp³-hybridized carbons (Fsp3) is 0.444. The molecule has 0 saturated heterocycles. The smallest absolute Gasteiger partial charge is 0.347 e. The molecule has 3 amide bonds.